The van der Waals surface area contributed by atoms with Gasteiger partial charge in [0, 0.05) is 12.6 Å². The molecule has 0 spiro atoms. The fourth-order valence-electron chi connectivity index (χ4n) is 1.68. The third-order valence-corrected chi connectivity index (χ3v) is 2.81. The molecule has 2 aromatic rings. The molecule has 0 aliphatic heterocycles. The molecule has 1 aromatic carbocycles. The van der Waals surface area contributed by atoms with Crippen LogP contribution in [0.2, 0.25) is 0 Å². The van der Waals surface area contributed by atoms with Gasteiger partial charge in [0.1, 0.15) is 17.9 Å². The van der Waals surface area contributed by atoms with Crippen molar-refractivity contribution in [2.24, 2.45) is 12.8 Å². The van der Waals surface area contributed by atoms with Crippen LogP contribution in [0.1, 0.15) is 26.4 Å². The zero-order valence-electron chi connectivity index (χ0n) is 10.7. The number of nitrogens with two attached hydrogens (primary N) is 1. The highest BCUT2D eigenvalue weighted by Crippen LogP contribution is 2.15. The Morgan fingerprint density at radius 1 is 1.35 bits per heavy atom. The molecule has 0 aliphatic rings. The van der Waals surface area contributed by atoms with Gasteiger partial charge in [0.05, 0.1) is 11.9 Å². The number of carboxylic acids is 1. The number of hydrogen-bond acceptors (Lipinski definition) is 4. The molecule has 3 N–H and O–H groups in total. The Morgan fingerprint density at radius 3 is 2.55 bits per heavy atom. The van der Waals surface area contributed by atoms with Crippen LogP contribution in [0.3, 0.4) is 0 Å². The minimum atomic E-state index is -1.05. The zero-order chi connectivity index (χ0) is 14.7. The predicted octanol–water partition coefficient (Wildman–Crippen LogP) is 0.796. The largest absolute Gasteiger partial charge is 0.487 e. The molecular formula is C13H13N3O4. The average molecular weight is 275 g/mol. The number of carbonyl (C=O) groups is 2. The molecule has 1 amide bonds. The first-order chi connectivity index (χ1) is 9.49. The van der Waals surface area contributed by atoms with E-state index < -0.39 is 11.9 Å². The highest BCUT2D eigenvalue weighted by atomic mass is 16.5. The molecule has 0 bridgehead atoms. The normalized spacial score (nSPS) is 10.2. The van der Waals surface area contributed by atoms with Crippen molar-refractivity contribution in [1.29, 1.82) is 0 Å². The van der Waals surface area contributed by atoms with E-state index >= 15 is 0 Å². The summed E-state index contributed by atoms with van der Waals surface area (Å²) in [7, 11) is 1.64. The molecular weight excluding hydrogens is 262 g/mol. The number of hydrogen-bond donors (Lipinski definition) is 2. The monoisotopic (exact) mass is 275 g/mol. The summed E-state index contributed by atoms with van der Waals surface area (Å²) in [5.41, 5.74) is 6.06. The van der Waals surface area contributed by atoms with Gasteiger partial charge in [-0.2, -0.15) is 5.10 Å². The van der Waals surface area contributed by atoms with E-state index in [-0.39, 0.29) is 12.2 Å². The zero-order valence-corrected chi connectivity index (χ0v) is 10.7. The van der Waals surface area contributed by atoms with E-state index in [2.05, 4.69) is 5.10 Å². The lowest BCUT2D eigenvalue weighted by atomic mass is 10.2. The number of rotatable bonds is 5. The number of nitrogens with zero attached hydrogens (tertiary/aromatic N) is 2. The van der Waals surface area contributed by atoms with E-state index in [9.17, 15) is 9.59 Å². The summed E-state index contributed by atoms with van der Waals surface area (Å²) >= 11 is 0. The molecule has 0 atom stereocenters. The van der Waals surface area contributed by atoms with Gasteiger partial charge in [-0.25, -0.2) is 4.79 Å². The summed E-state index contributed by atoms with van der Waals surface area (Å²) < 4.78 is 6.93. The van der Waals surface area contributed by atoms with Crippen molar-refractivity contribution in [1.82, 2.24) is 9.78 Å². The molecule has 0 radical (unpaired) electrons. The second-order valence-corrected chi connectivity index (χ2v) is 4.11. The van der Waals surface area contributed by atoms with Crippen LogP contribution in [0.5, 0.6) is 5.75 Å². The molecule has 0 fully saturated rings. The molecule has 0 saturated heterocycles. The number of aromatic carboxylic acids is 1. The number of carboxylic acid groups (broad SMARTS) is 1. The van der Waals surface area contributed by atoms with Crippen LogP contribution in [0, 0.1) is 0 Å². The van der Waals surface area contributed by atoms with Crippen molar-refractivity contribution < 1.29 is 19.4 Å². The molecule has 0 aliphatic carbocycles. The second-order valence-electron chi connectivity index (χ2n) is 4.11. The van der Waals surface area contributed by atoms with Gasteiger partial charge in [0.2, 0.25) is 5.91 Å². The van der Waals surface area contributed by atoms with Crippen LogP contribution in [0.25, 0.3) is 0 Å². The maximum Gasteiger partial charge on any atom is 0.339 e. The molecule has 2 rings (SSSR count). The third-order valence-electron chi connectivity index (χ3n) is 2.81. The van der Waals surface area contributed by atoms with Gasteiger partial charge in [-0.15, -0.1) is 0 Å². The lowest BCUT2D eigenvalue weighted by molar-refractivity contribution is 0.0693. The predicted molar refractivity (Wildman–Crippen MR) is 69.5 cm³/mol. The minimum absolute atomic E-state index is 0.0635. The Morgan fingerprint density at radius 2 is 2.00 bits per heavy atom. The molecule has 0 unspecified atom stereocenters. The number of aromatic nitrogens is 2. The fraction of sp³-hybridized carbons (Fsp3) is 0.154. The maximum atomic E-state index is 11.0. The van der Waals surface area contributed by atoms with E-state index in [4.69, 9.17) is 15.6 Å². The number of ether oxygens (including phenoxy) is 1. The Bertz CT molecular complexity index is 646. The second kappa shape index (κ2) is 5.43. The summed E-state index contributed by atoms with van der Waals surface area (Å²) in [4.78, 5) is 21.9. The van der Waals surface area contributed by atoms with Crippen LogP contribution >= 0.6 is 0 Å². The van der Waals surface area contributed by atoms with Crippen LogP contribution in [0.15, 0.2) is 30.5 Å². The van der Waals surface area contributed by atoms with E-state index in [1.807, 2.05) is 0 Å². The van der Waals surface area contributed by atoms with E-state index in [1.54, 1.807) is 31.3 Å². The lowest BCUT2D eigenvalue weighted by Crippen LogP contribution is -2.11. The molecule has 104 valence electrons. The van der Waals surface area contributed by atoms with Crippen molar-refractivity contribution in [2.75, 3.05) is 0 Å². The average Bonchev–Trinajstić information content (AvgIpc) is 2.78. The van der Waals surface area contributed by atoms with Gasteiger partial charge in [-0.05, 0) is 24.3 Å². The van der Waals surface area contributed by atoms with Gasteiger partial charge in [-0.1, -0.05) is 0 Å². The molecule has 0 saturated carbocycles. The number of aryl methyl sites for hydroxylation is 1. The smallest absolute Gasteiger partial charge is 0.339 e. The maximum absolute atomic E-state index is 11.0. The summed E-state index contributed by atoms with van der Waals surface area (Å²) in [5, 5.41) is 12.9. The number of amides is 1. The summed E-state index contributed by atoms with van der Waals surface area (Å²) in [6.07, 6.45) is 1.28. The van der Waals surface area contributed by atoms with E-state index in [0.29, 0.717) is 17.0 Å². The van der Waals surface area contributed by atoms with Crippen molar-refractivity contribution >= 4 is 11.9 Å². The summed E-state index contributed by atoms with van der Waals surface area (Å²) in [5.74, 6) is -1.07. The van der Waals surface area contributed by atoms with Crippen LogP contribution in [-0.4, -0.2) is 26.8 Å². The van der Waals surface area contributed by atoms with Gasteiger partial charge in [-0.3, -0.25) is 9.48 Å². The SMILES string of the molecule is Cn1ncc(C(=O)O)c1COc1ccc(C(N)=O)cc1. The van der Waals surface area contributed by atoms with Crippen molar-refractivity contribution in [2.45, 2.75) is 6.61 Å². The molecule has 20 heavy (non-hydrogen) atoms. The van der Waals surface area contributed by atoms with Crippen molar-refractivity contribution in [3.05, 3.63) is 47.3 Å². The van der Waals surface area contributed by atoms with Gasteiger partial charge >= 0.3 is 5.97 Å². The topological polar surface area (TPSA) is 107 Å². The number of benzene rings is 1. The first-order valence-corrected chi connectivity index (χ1v) is 5.76. The Balaban J connectivity index is 2.11. The van der Waals surface area contributed by atoms with Crippen LogP contribution in [-0.2, 0) is 13.7 Å². The first-order valence-electron chi connectivity index (χ1n) is 5.76. The van der Waals surface area contributed by atoms with Crippen molar-refractivity contribution in [3.8, 4) is 5.75 Å². The molecule has 1 heterocycles. The van der Waals surface area contributed by atoms with Gasteiger partial charge < -0.3 is 15.6 Å². The number of primary amides is 1. The minimum Gasteiger partial charge on any atom is -0.487 e. The van der Waals surface area contributed by atoms with Crippen LogP contribution < -0.4 is 10.5 Å². The Hall–Kier alpha value is -2.83. The number of carbonyl (C=O) groups excluding carboxylic acids is 1. The van der Waals surface area contributed by atoms with Gasteiger partial charge in [0.15, 0.2) is 0 Å². The highest BCUT2D eigenvalue weighted by Gasteiger charge is 2.15. The molecule has 1 aromatic heterocycles. The van der Waals surface area contributed by atoms with E-state index in [1.165, 1.54) is 10.9 Å². The summed E-state index contributed by atoms with van der Waals surface area (Å²) in [6, 6.07) is 6.27. The van der Waals surface area contributed by atoms with Crippen molar-refractivity contribution in [3.63, 3.8) is 0 Å². The molecule has 7 heteroatoms. The molecule has 7 nitrogen and oxygen atoms in total. The standard InChI is InChI=1S/C13H13N3O4/c1-16-11(10(6-15-16)13(18)19)7-20-9-4-2-8(3-5-9)12(14)17/h2-6H,7H2,1H3,(H2,14,17)(H,18,19). The van der Waals surface area contributed by atoms with E-state index in [0.717, 1.165) is 0 Å². The quantitative estimate of drug-likeness (QED) is 0.839. The Kier molecular flexibility index (Phi) is 3.69. The van der Waals surface area contributed by atoms with Gasteiger partial charge in [0.25, 0.3) is 0 Å². The highest BCUT2D eigenvalue weighted by molar-refractivity contribution is 5.92. The Labute approximate surface area is 114 Å². The summed E-state index contributed by atoms with van der Waals surface area (Å²) in [6.45, 7) is 0.0635. The lowest BCUT2D eigenvalue weighted by Gasteiger charge is -2.08. The third kappa shape index (κ3) is 2.77. The fourth-order valence-corrected chi connectivity index (χ4v) is 1.68. The van der Waals surface area contributed by atoms with Crippen LogP contribution in [0.4, 0.5) is 0 Å². The first kappa shape index (κ1) is 13.6.